The molecule has 0 aromatic heterocycles. The molecule has 0 N–H and O–H groups in total. The average Bonchev–Trinajstić information content (AvgIpc) is 3.20. The first-order valence-corrected chi connectivity index (χ1v) is 17.4. The Morgan fingerprint density at radius 2 is 1.00 bits per heavy atom. The number of ether oxygens (including phenoxy) is 1. The monoisotopic (exact) mass is 652 g/mol. The summed E-state index contributed by atoms with van der Waals surface area (Å²) in [7, 11) is 0. The van der Waals surface area contributed by atoms with Crippen LogP contribution in [-0.4, -0.2) is 0 Å². The molecule has 240 valence electrons. The van der Waals surface area contributed by atoms with Gasteiger partial charge in [-0.25, -0.2) is 0 Å². The van der Waals surface area contributed by atoms with Crippen LogP contribution in [0.15, 0.2) is 194 Å². The van der Waals surface area contributed by atoms with E-state index in [1.165, 1.54) is 32.3 Å². The van der Waals surface area contributed by atoms with E-state index < -0.39 is 0 Å². The van der Waals surface area contributed by atoms with Crippen molar-refractivity contribution in [2.75, 3.05) is 9.80 Å². The molecule has 0 radical (unpaired) electrons. The lowest BCUT2D eigenvalue weighted by molar-refractivity contribution is 0.477. The van der Waals surface area contributed by atoms with E-state index in [1.807, 2.05) is 18.2 Å². The van der Waals surface area contributed by atoms with Gasteiger partial charge in [0, 0.05) is 22.1 Å². The van der Waals surface area contributed by atoms with Gasteiger partial charge in [0.2, 0.25) is 0 Å². The summed E-state index contributed by atoms with van der Waals surface area (Å²) < 4.78 is 6.54. The number of para-hydroxylation sites is 3. The van der Waals surface area contributed by atoms with Crippen molar-refractivity contribution < 1.29 is 4.74 Å². The van der Waals surface area contributed by atoms with Crippen molar-refractivity contribution in [1.29, 1.82) is 0 Å². The molecular formula is C48H32N2O. The fraction of sp³-hybridized carbons (Fsp3) is 0. The highest BCUT2D eigenvalue weighted by molar-refractivity contribution is 6.15. The van der Waals surface area contributed by atoms with Gasteiger partial charge in [0.15, 0.2) is 11.5 Å². The number of hydrogen-bond donors (Lipinski definition) is 0. The van der Waals surface area contributed by atoms with Gasteiger partial charge in [-0.3, -0.25) is 0 Å². The Bertz CT molecular complexity index is 2730. The maximum absolute atomic E-state index is 6.54. The molecule has 0 saturated carbocycles. The minimum absolute atomic E-state index is 0.833. The van der Waals surface area contributed by atoms with Crippen molar-refractivity contribution in [3.63, 3.8) is 0 Å². The molecule has 3 heteroatoms. The highest BCUT2D eigenvalue weighted by Gasteiger charge is 2.26. The summed E-state index contributed by atoms with van der Waals surface area (Å²) >= 11 is 0. The second-order valence-corrected chi connectivity index (χ2v) is 13.0. The first-order valence-electron chi connectivity index (χ1n) is 17.4. The number of nitrogens with zero attached hydrogens (tertiary/aromatic N) is 2. The van der Waals surface area contributed by atoms with E-state index in [0.717, 1.165) is 56.8 Å². The predicted molar refractivity (Wildman–Crippen MR) is 214 cm³/mol. The highest BCUT2D eigenvalue weighted by Crippen LogP contribution is 2.51. The third-order valence-electron chi connectivity index (χ3n) is 9.99. The molecule has 0 amide bonds. The van der Waals surface area contributed by atoms with Gasteiger partial charge >= 0.3 is 0 Å². The summed E-state index contributed by atoms with van der Waals surface area (Å²) in [5.74, 6) is 1.67. The Morgan fingerprint density at radius 3 is 1.84 bits per heavy atom. The van der Waals surface area contributed by atoms with Crippen LogP contribution in [0.4, 0.5) is 34.1 Å². The van der Waals surface area contributed by atoms with Gasteiger partial charge < -0.3 is 14.5 Å². The van der Waals surface area contributed by atoms with E-state index in [2.05, 4.69) is 186 Å². The smallest absolute Gasteiger partial charge is 0.152 e. The number of hydrogen-bond acceptors (Lipinski definition) is 3. The van der Waals surface area contributed by atoms with E-state index in [0.29, 0.717) is 0 Å². The number of anilines is 6. The molecule has 0 fully saturated rings. The molecule has 0 bridgehead atoms. The maximum atomic E-state index is 6.54. The first kappa shape index (κ1) is 29.1. The van der Waals surface area contributed by atoms with Crippen LogP contribution in [0.2, 0.25) is 0 Å². The molecule has 3 nitrogen and oxygen atoms in total. The SMILES string of the molecule is c1ccc(N2c3ccccc3Oc3cc(-c4ccc(N(c5cccc6ccccc56)c5cc6ccccc6c6ccccc56)cc4)ccc32)cc1. The van der Waals surface area contributed by atoms with Crippen LogP contribution in [0.1, 0.15) is 0 Å². The van der Waals surface area contributed by atoms with E-state index >= 15 is 0 Å². The summed E-state index contributed by atoms with van der Waals surface area (Å²) in [5, 5.41) is 7.34. The zero-order valence-electron chi connectivity index (χ0n) is 27.8. The lowest BCUT2D eigenvalue weighted by Crippen LogP contribution is -2.15. The molecule has 0 atom stereocenters. The largest absolute Gasteiger partial charge is 0.453 e. The van der Waals surface area contributed by atoms with Gasteiger partial charge in [-0.05, 0) is 93.3 Å². The standard InChI is InChI=1S/C48H32N2O/c1-2-16-37(17-3-1)50-44-22-10-11-24-47(44)51-48-32-35(27-30-45(48)50)33-25-28-38(29-26-33)49(43-23-12-15-34-13-4-7-19-40(34)43)46-31-36-14-5-6-18-39(36)41-20-8-9-21-42(41)46/h1-32H. The Hall–Kier alpha value is -6.84. The second-order valence-electron chi connectivity index (χ2n) is 13.0. The summed E-state index contributed by atoms with van der Waals surface area (Å²) in [5.41, 5.74) is 8.75. The topological polar surface area (TPSA) is 15.7 Å². The second kappa shape index (κ2) is 11.9. The fourth-order valence-corrected chi connectivity index (χ4v) is 7.63. The van der Waals surface area contributed by atoms with Crippen LogP contribution in [0, 0.1) is 0 Å². The Labute approximate surface area is 296 Å². The molecule has 9 aromatic carbocycles. The van der Waals surface area contributed by atoms with Crippen LogP contribution >= 0.6 is 0 Å². The number of benzene rings is 9. The molecule has 0 aliphatic carbocycles. The van der Waals surface area contributed by atoms with Crippen molar-refractivity contribution in [2.45, 2.75) is 0 Å². The molecule has 0 unspecified atom stereocenters. The Kier molecular flexibility index (Phi) is 6.81. The Balaban J connectivity index is 1.11. The molecule has 9 aromatic rings. The molecule has 0 saturated heterocycles. The molecule has 10 rings (SSSR count). The van der Waals surface area contributed by atoms with E-state index in [9.17, 15) is 0 Å². The van der Waals surface area contributed by atoms with E-state index in [4.69, 9.17) is 4.74 Å². The predicted octanol–water partition coefficient (Wildman–Crippen LogP) is 13.9. The summed E-state index contributed by atoms with van der Waals surface area (Å²) in [6, 6.07) is 69.2. The molecular weight excluding hydrogens is 621 g/mol. The average molecular weight is 653 g/mol. The molecule has 1 aliphatic rings. The summed E-state index contributed by atoms with van der Waals surface area (Å²) in [6.45, 7) is 0. The zero-order chi connectivity index (χ0) is 33.7. The van der Waals surface area contributed by atoms with Crippen molar-refractivity contribution >= 4 is 66.4 Å². The number of rotatable bonds is 5. The minimum atomic E-state index is 0.833. The molecule has 1 aliphatic heterocycles. The van der Waals surface area contributed by atoms with Crippen LogP contribution in [0.25, 0.3) is 43.4 Å². The lowest BCUT2D eigenvalue weighted by atomic mass is 9.98. The minimum Gasteiger partial charge on any atom is -0.453 e. The van der Waals surface area contributed by atoms with E-state index in [1.54, 1.807) is 0 Å². The van der Waals surface area contributed by atoms with Gasteiger partial charge in [0.1, 0.15) is 0 Å². The molecule has 51 heavy (non-hydrogen) atoms. The van der Waals surface area contributed by atoms with E-state index in [-0.39, 0.29) is 0 Å². The van der Waals surface area contributed by atoms with Gasteiger partial charge in [-0.2, -0.15) is 0 Å². The van der Waals surface area contributed by atoms with Gasteiger partial charge in [-0.1, -0.05) is 133 Å². The van der Waals surface area contributed by atoms with Crippen molar-refractivity contribution in [3.8, 4) is 22.6 Å². The van der Waals surface area contributed by atoms with Crippen molar-refractivity contribution in [1.82, 2.24) is 0 Å². The lowest BCUT2D eigenvalue weighted by Gasteiger charge is -2.33. The zero-order valence-corrected chi connectivity index (χ0v) is 27.8. The highest BCUT2D eigenvalue weighted by atomic mass is 16.5. The van der Waals surface area contributed by atoms with Crippen LogP contribution in [0.3, 0.4) is 0 Å². The van der Waals surface area contributed by atoms with Gasteiger partial charge in [-0.15, -0.1) is 0 Å². The van der Waals surface area contributed by atoms with Crippen molar-refractivity contribution in [3.05, 3.63) is 194 Å². The maximum Gasteiger partial charge on any atom is 0.152 e. The summed E-state index contributed by atoms with van der Waals surface area (Å²) in [6.07, 6.45) is 0. The number of fused-ring (bicyclic) bond motifs is 6. The van der Waals surface area contributed by atoms with Crippen molar-refractivity contribution in [2.24, 2.45) is 0 Å². The van der Waals surface area contributed by atoms with Crippen LogP contribution in [0.5, 0.6) is 11.5 Å². The fourth-order valence-electron chi connectivity index (χ4n) is 7.63. The van der Waals surface area contributed by atoms with Crippen LogP contribution < -0.4 is 14.5 Å². The third-order valence-corrected chi connectivity index (χ3v) is 9.99. The van der Waals surface area contributed by atoms with Gasteiger partial charge in [0.05, 0.1) is 22.7 Å². The quantitative estimate of drug-likeness (QED) is 0.172. The van der Waals surface area contributed by atoms with Crippen LogP contribution in [-0.2, 0) is 0 Å². The first-order chi connectivity index (χ1) is 25.3. The molecule has 0 spiro atoms. The Morgan fingerprint density at radius 1 is 0.373 bits per heavy atom. The summed E-state index contributed by atoms with van der Waals surface area (Å²) in [4.78, 5) is 4.70. The normalized spacial score (nSPS) is 12.0. The third kappa shape index (κ3) is 4.90. The molecule has 1 heterocycles. The van der Waals surface area contributed by atoms with Gasteiger partial charge in [0.25, 0.3) is 0 Å².